The fraction of sp³-hybridized carbons (Fsp3) is 0.200. The van der Waals surface area contributed by atoms with Crippen LogP contribution in [0.25, 0.3) is 0 Å². The minimum atomic E-state index is -3.57. The van der Waals surface area contributed by atoms with Crippen LogP contribution in [0.15, 0.2) is 47.5 Å². The normalized spacial score (nSPS) is 11.5. The molecule has 1 N–H and O–H groups in total. The van der Waals surface area contributed by atoms with Crippen molar-refractivity contribution in [3.63, 3.8) is 0 Å². The van der Waals surface area contributed by atoms with Gasteiger partial charge in [-0.3, -0.25) is 9.78 Å². The number of carbonyl (C=O) groups is 1. The zero-order chi connectivity index (χ0) is 17.0. The molecule has 0 aliphatic rings. The molecule has 2 rings (SSSR count). The largest absolute Gasteiger partial charge is 0.326 e. The van der Waals surface area contributed by atoms with Crippen molar-refractivity contribution >= 4 is 21.6 Å². The minimum absolute atomic E-state index is 0.0368. The van der Waals surface area contributed by atoms with E-state index in [9.17, 15) is 17.6 Å². The van der Waals surface area contributed by atoms with Crippen molar-refractivity contribution in [2.24, 2.45) is 0 Å². The van der Waals surface area contributed by atoms with E-state index < -0.39 is 15.8 Å². The van der Waals surface area contributed by atoms with Crippen LogP contribution in [0.5, 0.6) is 0 Å². The van der Waals surface area contributed by atoms with Crippen LogP contribution in [0.1, 0.15) is 5.69 Å². The highest BCUT2D eigenvalue weighted by molar-refractivity contribution is 7.89. The van der Waals surface area contributed by atoms with Crippen molar-refractivity contribution in [2.45, 2.75) is 11.3 Å². The van der Waals surface area contributed by atoms with Crippen LogP contribution in [0, 0.1) is 5.82 Å². The lowest BCUT2D eigenvalue weighted by molar-refractivity contribution is -0.115. The van der Waals surface area contributed by atoms with E-state index in [0.717, 1.165) is 10.5 Å². The third-order valence-electron chi connectivity index (χ3n) is 3.03. The smallest absolute Gasteiger partial charge is 0.242 e. The third kappa shape index (κ3) is 4.33. The fourth-order valence-electron chi connectivity index (χ4n) is 1.83. The third-order valence-corrected chi connectivity index (χ3v) is 4.84. The summed E-state index contributed by atoms with van der Waals surface area (Å²) in [4.78, 5) is 15.8. The van der Waals surface area contributed by atoms with Crippen LogP contribution in [-0.2, 0) is 21.2 Å². The molecule has 23 heavy (non-hydrogen) atoms. The number of anilines is 1. The summed E-state index contributed by atoms with van der Waals surface area (Å²) in [6.07, 6.45) is 0.998. The number of aromatic nitrogens is 1. The van der Waals surface area contributed by atoms with Crippen molar-refractivity contribution in [2.75, 3.05) is 19.4 Å². The van der Waals surface area contributed by atoms with E-state index in [1.165, 1.54) is 38.4 Å². The van der Waals surface area contributed by atoms with E-state index >= 15 is 0 Å². The Balaban J connectivity index is 2.11. The van der Waals surface area contributed by atoms with Gasteiger partial charge in [0.15, 0.2) is 0 Å². The van der Waals surface area contributed by atoms with Crippen molar-refractivity contribution in [1.82, 2.24) is 9.29 Å². The number of halogens is 1. The molecule has 0 spiro atoms. The first-order valence-corrected chi connectivity index (χ1v) is 8.16. The average molecular weight is 337 g/mol. The van der Waals surface area contributed by atoms with Crippen LogP contribution in [-0.4, -0.2) is 37.7 Å². The van der Waals surface area contributed by atoms with Gasteiger partial charge in [0.1, 0.15) is 5.82 Å². The standard InChI is InChI=1S/C15H16FN3O3S/c1-19(2)23(21,22)14-5-3-4-13(8-14)18-15(20)9-12-7-6-11(16)10-17-12/h3-8,10H,9H2,1-2H3,(H,18,20). The maximum absolute atomic E-state index is 12.8. The maximum atomic E-state index is 12.8. The monoisotopic (exact) mass is 337 g/mol. The van der Waals surface area contributed by atoms with Gasteiger partial charge in [-0.15, -0.1) is 0 Å². The molecule has 0 unspecified atom stereocenters. The van der Waals surface area contributed by atoms with Gasteiger partial charge in [0, 0.05) is 25.5 Å². The highest BCUT2D eigenvalue weighted by Gasteiger charge is 2.17. The molecule has 0 radical (unpaired) electrons. The molecule has 2 aromatic rings. The molecule has 1 aromatic carbocycles. The lowest BCUT2D eigenvalue weighted by Crippen LogP contribution is -2.22. The average Bonchev–Trinajstić information content (AvgIpc) is 2.49. The molecule has 1 amide bonds. The summed E-state index contributed by atoms with van der Waals surface area (Å²) in [5.41, 5.74) is 0.779. The molecule has 0 fully saturated rings. The first-order valence-electron chi connectivity index (χ1n) is 6.72. The summed E-state index contributed by atoms with van der Waals surface area (Å²) >= 11 is 0. The number of hydrogen-bond donors (Lipinski definition) is 1. The number of nitrogens with zero attached hydrogens (tertiary/aromatic N) is 2. The Morgan fingerprint density at radius 1 is 1.26 bits per heavy atom. The van der Waals surface area contributed by atoms with Gasteiger partial charge in [0.25, 0.3) is 0 Å². The minimum Gasteiger partial charge on any atom is -0.326 e. The predicted octanol–water partition coefficient (Wildman–Crippen LogP) is 1.65. The Kier molecular flexibility index (Phi) is 5.07. The van der Waals surface area contributed by atoms with Gasteiger partial charge >= 0.3 is 0 Å². The summed E-state index contributed by atoms with van der Waals surface area (Å²) in [6.45, 7) is 0. The molecule has 1 heterocycles. The van der Waals surface area contributed by atoms with E-state index in [1.807, 2.05) is 0 Å². The predicted molar refractivity (Wildman–Crippen MR) is 83.8 cm³/mol. The fourth-order valence-corrected chi connectivity index (χ4v) is 2.77. The molecule has 6 nitrogen and oxygen atoms in total. The van der Waals surface area contributed by atoms with Crippen molar-refractivity contribution in [3.8, 4) is 0 Å². The van der Waals surface area contributed by atoms with Crippen molar-refractivity contribution in [1.29, 1.82) is 0 Å². The highest BCUT2D eigenvalue weighted by Crippen LogP contribution is 2.18. The Hall–Kier alpha value is -2.32. The Bertz CT molecular complexity index is 805. The van der Waals surface area contributed by atoms with Crippen LogP contribution in [0.4, 0.5) is 10.1 Å². The Labute approximate surface area is 134 Å². The number of pyridine rings is 1. The number of sulfonamides is 1. The SMILES string of the molecule is CN(C)S(=O)(=O)c1cccc(NC(=O)Cc2ccc(F)cn2)c1. The van der Waals surface area contributed by atoms with E-state index in [1.54, 1.807) is 12.1 Å². The second-order valence-corrected chi connectivity index (χ2v) is 7.16. The summed E-state index contributed by atoms with van der Waals surface area (Å²) in [7, 11) is -0.708. The van der Waals surface area contributed by atoms with Gasteiger partial charge in [0.2, 0.25) is 15.9 Å². The van der Waals surface area contributed by atoms with Crippen LogP contribution < -0.4 is 5.32 Å². The van der Waals surface area contributed by atoms with Gasteiger partial charge in [-0.05, 0) is 30.3 Å². The summed E-state index contributed by atoms with van der Waals surface area (Å²) in [5.74, 6) is -0.848. The summed E-state index contributed by atoms with van der Waals surface area (Å²) < 4.78 is 38.0. The first-order chi connectivity index (χ1) is 10.8. The second-order valence-electron chi connectivity index (χ2n) is 5.01. The molecular weight excluding hydrogens is 321 g/mol. The summed E-state index contributed by atoms with van der Waals surface area (Å²) in [6, 6.07) is 8.60. The van der Waals surface area contributed by atoms with Gasteiger partial charge in [-0.25, -0.2) is 17.1 Å². The van der Waals surface area contributed by atoms with E-state index in [2.05, 4.69) is 10.3 Å². The number of carbonyl (C=O) groups excluding carboxylic acids is 1. The molecule has 8 heteroatoms. The lowest BCUT2D eigenvalue weighted by Gasteiger charge is -2.12. The van der Waals surface area contributed by atoms with Gasteiger partial charge in [0.05, 0.1) is 17.5 Å². The number of rotatable bonds is 5. The summed E-state index contributed by atoms with van der Waals surface area (Å²) in [5, 5.41) is 2.60. The molecule has 0 atom stereocenters. The van der Waals surface area contributed by atoms with E-state index in [4.69, 9.17) is 0 Å². The maximum Gasteiger partial charge on any atom is 0.242 e. The lowest BCUT2D eigenvalue weighted by atomic mass is 10.2. The van der Waals surface area contributed by atoms with E-state index in [0.29, 0.717) is 11.4 Å². The van der Waals surface area contributed by atoms with Crippen LogP contribution in [0.3, 0.4) is 0 Å². The van der Waals surface area contributed by atoms with Crippen LogP contribution >= 0.6 is 0 Å². The number of hydrogen-bond acceptors (Lipinski definition) is 4. The Morgan fingerprint density at radius 2 is 2.00 bits per heavy atom. The number of benzene rings is 1. The Morgan fingerprint density at radius 3 is 2.61 bits per heavy atom. The van der Waals surface area contributed by atoms with E-state index in [-0.39, 0.29) is 17.2 Å². The quantitative estimate of drug-likeness (QED) is 0.900. The molecule has 0 saturated heterocycles. The molecule has 122 valence electrons. The highest BCUT2D eigenvalue weighted by atomic mass is 32.2. The molecule has 0 aliphatic heterocycles. The topological polar surface area (TPSA) is 79.4 Å². The van der Waals surface area contributed by atoms with Gasteiger partial charge in [-0.2, -0.15) is 0 Å². The first kappa shape index (κ1) is 17.0. The van der Waals surface area contributed by atoms with Crippen molar-refractivity contribution in [3.05, 3.63) is 54.1 Å². The molecule has 0 saturated carbocycles. The number of nitrogens with one attached hydrogen (secondary N) is 1. The molecule has 1 aromatic heterocycles. The molecular formula is C15H16FN3O3S. The van der Waals surface area contributed by atoms with Gasteiger partial charge < -0.3 is 5.32 Å². The van der Waals surface area contributed by atoms with Gasteiger partial charge in [-0.1, -0.05) is 6.07 Å². The molecule has 0 bridgehead atoms. The zero-order valence-corrected chi connectivity index (χ0v) is 13.5. The molecule has 0 aliphatic carbocycles. The van der Waals surface area contributed by atoms with Crippen LogP contribution in [0.2, 0.25) is 0 Å². The number of amides is 1. The second kappa shape index (κ2) is 6.84. The van der Waals surface area contributed by atoms with Crippen molar-refractivity contribution < 1.29 is 17.6 Å². The zero-order valence-electron chi connectivity index (χ0n) is 12.7.